The van der Waals surface area contributed by atoms with Crippen molar-refractivity contribution in [1.82, 2.24) is 9.55 Å². The van der Waals surface area contributed by atoms with Crippen molar-refractivity contribution in [2.24, 2.45) is 0 Å². The molecule has 0 radical (unpaired) electrons. The van der Waals surface area contributed by atoms with Gasteiger partial charge in [0.05, 0.1) is 14.2 Å². The molecule has 0 saturated carbocycles. The zero-order valence-corrected chi connectivity index (χ0v) is 19.7. The van der Waals surface area contributed by atoms with Crippen LogP contribution >= 0.6 is 28.1 Å². The molecule has 0 spiro atoms. The number of hydrogen-bond acceptors (Lipinski definition) is 4. The van der Waals surface area contributed by atoms with Crippen molar-refractivity contribution in [2.45, 2.75) is 38.6 Å². The van der Waals surface area contributed by atoms with Crippen molar-refractivity contribution < 1.29 is 9.47 Å². The predicted molar refractivity (Wildman–Crippen MR) is 126 cm³/mol. The maximum absolute atomic E-state index is 5.69. The van der Waals surface area contributed by atoms with Crippen molar-refractivity contribution in [2.75, 3.05) is 14.2 Å². The van der Waals surface area contributed by atoms with Gasteiger partial charge in [0, 0.05) is 27.8 Å². The Balaban J connectivity index is 1.74. The zero-order valence-electron chi connectivity index (χ0n) is 17.3. The highest BCUT2D eigenvalue weighted by Gasteiger charge is 2.19. The first kappa shape index (κ1) is 21.1. The Labute approximate surface area is 191 Å². The number of hydrogen-bond donors (Lipinski definition) is 0. The fraction of sp³-hybridized carbons (Fsp3) is 0.333. The fourth-order valence-corrected chi connectivity index (χ4v) is 4.68. The van der Waals surface area contributed by atoms with Gasteiger partial charge in [0.2, 0.25) is 0 Å². The highest BCUT2D eigenvalue weighted by molar-refractivity contribution is 9.10. The molecule has 1 aliphatic carbocycles. The normalized spacial score (nSPS) is 13.0. The number of fused-ring (bicyclic) bond motifs is 1. The summed E-state index contributed by atoms with van der Waals surface area (Å²) in [6.45, 7) is 0.839. The van der Waals surface area contributed by atoms with Crippen molar-refractivity contribution in [3.05, 3.63) is 68.4 Å². The number of nitrogens with zero attached hydrogens (tertiary/aromatic N) is 2. The Hall–Kier alpha value is -2.18. The summed E-state index contributed by atoms with van der Waals surface area (Å²) in [7, 11) is 3.33. The molecule has 0 N–H and O–H groups in total. The molecule has 1 aliphatic rings. The maximum atomic E-state index is 5.69. The molecule has 0 aliphatic heterocycles. The Morgan fingerprint density at radius 3 is 2.47 bits per heavy atom. The molecule has 30 heavy (non-hydrogen) atoms. The SMILES string of the molecule is COc1ccc(CCn2c(-c3ccc(Br)cc3)nc(=S)c3c2CCCC3)cc1OC. The van der Waals surface area contributed by atoms with Gasteiger partial charge in [0.1, 0.15) is 10.5 Å². The average molecular weight is 485 g/mol. The summed E-state index contributed by atoms with van der Waals surface area (Å²) in [6.07, 6.45) is 5.34. The van der Waals surface area contributed by atoms with E-state index in [0.717, 1.165) is 57.8 Å². The van der Waals surface area contributed by atoms with Gasteiger partial charge in [0.15, 0.2) is 11.5 Å². The van der Waals surface area contributed by atoms with Gasteiger partial charge < -0.3 is 14.0 Å². The van der Waals surface area contributed by atoms with E-state index in [-0.39, 0.29) is 0 Å². The van der Waals surface area contributed by atoms with Gasteiger partial charge >= 0.3 is 0 Å². The molecule has 0 amide bonds. The first-order chi connectivity index (χ1) is 14.6. The van der Waals surface area contributed by atoms with E-state index in [1.807, 2.05) is 6.07 Å². The molecular formula is C24H25BrN2O2S. The van der Waals surface area contributed by atoms with E-state index in [4.69, 9.17) is 26.7 Å². The van der Waals surface area contributed by atoms with Crippen LogP contribution in [-0.2, 0) is 25.8 Å². The van der Waals surface area contributed by atoms with E-state index in [0.29, 0.717) is 0 Å². The molecule has 4 nitrogen and oxygen atoms in total. The molecular weight excluding hydrogens is 460 g/mol. The molecule has 1 aromatic heterocycles. The smallest absolute Gasteiger partial charge is 0.160 e. The van der Waals surface area contributed by atoms with Gasteiger partial charge in [-0.05, 0) is 61.9 Å². The molecule has 0 bridgehead atoms. The Kier molecular flexibility index (Phi) is 6.54. The third kappa shape index (κ3) is 4.30. The Bertz CT molecular complexity index is 1110. The number of benzene rings is 2. The van der Waals surface area contributed by atoms with E-state index in [2.05, 4.69) is 56.9 Å². The van der Waals surface area contributed by atoms with Crippen LogP contribution in [0.25, 0.3) is 11.4 Å². The lowest BCUT2D eigenvalue weighted by atomic mass is 9.96. The van der Waals surface area contributed by atoms with Crippen molar-refractivity contribution in [3.8, 4) is 22.9 Å². The van der Waals surface area contributed by atoms with Crippen LogP contribution in [-0.4, -0.2) is 23.8 Å². The Morgan fingerprint density at radius 2 is 1.73 bits per heavy atom. The molecule has 4 rings (SSSR count). The van der Waals surface area contributed by atoms with Crippen LogP contribution < -0.4 is 9.47 Å². The number of ether oxygens (including phenoxy) is 2. The van der Waals surface area contributed by atoms with Gasteiger partial charge in [-0.3, -0.25) is 0 Å². The first-order valence-corrected chi connectivity index (χ1v) is 11.4. The standard InChI is InChI=1S/C24H25BrN2O2S/c1-28-21-12-7-16(15-22(21)29-2)13-14-27-20-6-4-3-5-19(20)24(30)26-23(27)17-8-10-18(25)11-9-17/h7-12,15H,3-6,13-14H2,1-2H3. The molecule has 0 saturated heterocycles. The predicted octanol–water partition coefficient (Wildman–Crippen LogP) is 6.18. The summed E-state index contributed by atoms with van der Waals surface area (Å²) in [6, 6.07) is 14.4. The van der Waals surface area contributed by atoms with Gasteiger partial charge in [-0.15, -0.1) is 0 Å². The number of halogens is 1. The second-order valence-corrected chi connectivity index (χ2v) is 8.77. The highest BCUT2D eigenvalue weighted by atomic mass is 79.9. The molecule has 6 heteroatoms. The molecule has 2 aromatic carbocycles. The van der Waals surface area contributed by atoms with Crippen molar-refractivity contribution >= 4 is 28.1 Å². The third-order valence-electron chi connectivity index (χ3n) is 5.66. The first-order valence-electron chi connectivity index (χ1n) is 10.2. The number of methoxy groups -OCH3 is 2. The topological polar surface area (TPSA) is 36.3 Å². The summed E-state index contributed by atoms with van der Waals surface area (Å²) >= 11 is 9.21. The highest BCUT2D eigenvalue weighted by Crippen LogP contribution is 2.30. The monoisotopic (exact) mass is 484 g/mol. The maximum Gasteiger partial charge on any atom is 0.160 e. The summed E-state index contributed by atoms with van der Waals surface area (Å²) in [5, 5.41) is 0. The van der Waals surface area contributed by atoms with Crippen LogP contribution in [0.2, 0.25) is 0 Å². The lowest BCUT2D eigenvalue weighted by Gasteiger charge is -2.24. The van der Waals surface area contributed by atoms with Gasteiger partial charge in [-0.2, -0.15) is 0 Å². The minimum atomic E-state index is 0.749. The van der Waals surface area contributed by atoms with E-state index in [1.54, 1.807) is 14.2 Å². The quantitative estimate of drug-likeness (QED) is 0.391. The van der Waals surface area contributed by atoms with Crippen LogP contribution in [0.3, 0.4) is 0 Å². The van der Waals surface area contributed by atoms with Gasteiger partial charge in [0.25, 0.3) is 0 Å². The fourth-order valence-electron chi connectivity index (χ4n) is 4.11. The van der Waals surface area contributed by atoms with E-state index in [9.17, 15) is 0 Å². The van der Waals surface area contributed by atoms with Crippen molar-refractivity contribution in [1.29, 1.82) is 0 Å². The summed E-state index contributed by atoms with van der Waals surface area (Å²) < 4.78 is 15.0. The zero-order chi connectivity index (χ0) is 21.1. The third-order valence-corrected chi connectivity index (χ3v) is 6.53. The van der Waals surface area contributed by atoms with Crippen molar-refractivity contribution in [3.63, 3.8) is 0 Å². The number of rotatable bonds is 6. The summed E-state index contributed by atoms with van der Waals surface area (Å²) in [5.41, 5.74) is 4.89. The van der Waals surface area contributed by atoms with Crippen LogP contribution in [0.15, 0.2) is 46.9 Å². The average Bonchev–Trinajstić information content (AvgIpc) is 2.78. The lowest BCUT2D eigenvalue weighted by molar-refractivity contribution is 0.354. The van der Waals surface area contributed by atoms with Crippen LogP contribution in [0.1, 0.15) is 29.7 Å². The molecule has 1 heterocycles. The molecule has 3 aromatic rings. The van der Waals surface area contributed by atoms with E-state index < -0.39 is 0 Å². The van der Waals surface area contributed by atoms with Crippen LogP contribution in [0, 0.1) is 4.64 Å². The van der Waals surface area contributed by atoms with Gasteiger partial charge in [-0.25, -0.2) is 4.98 Å². The lowest BCUT2D eigenvalue weighted by Crippen LogP contribution is -2.19. The summed E-state index contributed by atoms with van der Waals surface area (Å²) in [5.74, 6) is 2.46. The second-order valence-electron chi connectivity index (χ2n) is 7.47. The minimum Gasteiger partial charge on any atom is -0.493 e. The Morgan fingerprint density at radius 1 is 1.00 bits per heavy atom. The largest absolute Gasteiger partial charge is 0.493 e. The van der Waals surface area contributed by atoms with E-state index in [1.165, 1.54) is 29.7 Å². The molecule has 0 unspecified atom stereocenters. The molecule has 0 atom stereocenters. The van der Waals surface area contributed by atoms with E-state index >= 15 is 0 Å². The van der Waals surface area contributed by atoms with Gasteiger partial charge in [-0.1, -0.05) is 46.3 Å². The second kappa shape index (κ2) is 9.31. The summed E-state index contributed by atoms with van der Waals surface area (Å²) in [4.78, 5) is 4.88. The minimum absolute atomic E-state index is 0.749. The number of aromatic nitrogens is 2. The molecule has 156 valence electrons. The number of aryl methyl sites for hydroxylation is 1. The van der Waals surface area contributed by atoms with Crippen LogP contribution in [0.4, 0.5) is 0 Å². The molecule has 0 fully saturated rings. The van der Waals surface area contributed by atoms with Crippen LogP contribution in [0.5, 0.6) is 11.5 Å².